The maximum Gasteiger partial charge on any atom is 0.416 e. The van der Waals surface area contributed by atoms with Crippen LogP contribution in [0.5, 0.6) is 0 Å². The Labute approximate surface area is 152 Å². The van der Waals surface area contributed by atoms with Crippen molar-refractivity contribution in [2.45, 2.75) is 32.9 Å². The first-order chi connectivity index (χ1) is 11.6. The lowest BCUT2D eigenvalue weighted by Crippen LogP contribution is -2.04. The van der Waals surface area contributed by atoms with E-state index in [4.69, 9.17) is 23.2 Å². The summed E-state index contributed by atoms with van der Waals surface area (Å²) < 4.78 is 39.8. The lowest BCUT2D eigenvalue weighted by Gasteiger charge is -2.12. The highest BCUT2D eigenvalue weighted by atomic mass is 35.5. The third-order valence-electron chi connectivity index (χ3n) is 3.92. The molecule has 0 unspecified atom stereocenters. The number of halogens is 5. The topological polar surface area (TPSA) is 30.2 Å². The zero-order valence-electron chi connectivity index (χ0n) is 13.6. The van der Waals surface area contributed by atoms with Crippen molar-refractivity contribution in [2.75, 3.05) is 0 Å². The quantitative estimate of drug-likeness (QED) is 0.493. The fraction of sp³-hybridized carbons (Fsp3) is 0.294. The van der Waals surface area contributed by atoms with Gasteiger partial charge < -0.3 is 0 Å². The Kier molecular flexibility index (Phi) is 4.45. The predicted octanol–water partition coefficient (Wildman–Crippen LogP) is 6.15. The molecule has 3 aromatic rings. The van der Waals surface area contributed by atoms with Gasteiger partial charge in [0.05, 0.1) is 16.3 Å². The number of aromatic nitrogens is 3. The first kappa shape index (κ1) is 18.0. The average molecular weight is 388 g/mol. The van der Waals surface area contributed by atoms with Gasteiger partial charge in [-0.05, 0) is 25.0 Å². The number of hydrogen-bond donors (Lipinski definition) is 0. The Morgan fingerprint density at radius 3 is 2.36 bits per heavy atom. The van der Waals surface area contributed by atoms with E-state index in [1.807, 2.05) is 20.8 Å². The van der Waals surface area contributed by atoms with Crippen LogP contribution < -0.4 is 0 Å². The van der Waals surface area contributed by atoms with E-state index in [-0.39, 0.29) is 10.9 Å². The van der Waals surface area contributed by atoms with Crippen molar-refractivity contribution in [3.8, 4) is 11.3 Å². The van der Waals surface area contributed by atoms with E-state index < -0.39 is 11.7 Å². The molecule has 2 aromatic heterocycles. The van der Waals surface area contributed by atoms with Crippen LogP contribution in [0.25, 0.3) is 16.9 Å². The third-order valence-corrected chi connectivity index (χ3v) is 4.60. The fourth-order valence-corrected chi connectivity index (χ4v) is 3.53. The van der Waals surface area contributed by atoms with Gasteiger partial charge in [-0.25, -0.2) is 9.50 Å². The minimum atomic E-state index is -4.45. The summed E-state index contributed by atoms with van der Waals surface area (Å²) >= 11 is 12.5. The van der Waals surface area contributed by atoms with Crippen molar-refractivity contribution in [1.82, 2.24) is 14.6 Å². The molecule has 0 saturated carbocycles. The van der Waals surface area contributed by atoms with E-state index in [9.17, 15) is 13.2 Å². The Morgan fingerprint density at radius 1 is 1.12 bits per heavy atom. The molecule has 0 fully saturated rings. The molecule has 0 aliphatic rings. The zero-order valence-corrected chi connectivity index (χ0v) is 15.1. The van der Waals surface area contributed by atoms with Crippen LogP contribution in [0.2, 0.25) is 10.2 Å². The van der Waals surface area contributed by atoms with Gasteiger partial charge in [-0.2, -0.15) is 18.3 Å². The van der Waals surface area contributed by atoms with Gasteiger partial charge in [0.2, 0.25) is 0 Å². The minimum Gasteiger partial charge on any atom is -0.233 e. The van der Waals surface area contributed by atoms with Crippen LogP contribution in [0.3, 0.4) is 0 Å². The van der Waals surface area contributed by atoms with E-state index in [2.05, 4.69) is 10.1 Å². The Morgan fingerprint density at radius 2 is 1.80 bits per heavy atom. The van der Waals surface area contributed by atoms with Crippen molar-refractivity contribution in [3.05, 3.63) is 51.3 Å². The number of nitrogens with zero attached hydrogens (tertiary/aromatic N) is 3. The summed E-state index contributed by atoms with van der Waals surface area (Å²) in [5.41, 5.74) is 2.17. The summed E-state index contributed by atoms with van der Waals surface area (Å²) in [4.78, 5) is 4.48. The second-order valence-electron chi connectivity index (χ2n) is 6.05. The van der Waals surface area contributed by atoms with Crippen LogP contribution in [0, 0.1) is 6.92 Å². The van der Waals surface area contributed by atoms with Crippen LogP contribution in [0.1, 0.15) is 36.6 Å². The highest BCUT2D eigenvalue weighted by molar-refractivity contribution is 6.33. The molecule has 3 rings (SSSR count). The van der Waals surface area contributed by atoms with Crippen LogP contribution in [0.15, 0.2) is 24.3 Å². The molecule has 0 saturated heterocycles. The van der Waals surface area contributed by atoms with E-state index in [1.165, 1.54) is 10.6 Å². The molecule has 3 nitrogen and oxygen atoms in total. The normalized spacial score (nSPS) is 12.4. The molecule has 2 heterocycles. The standard InChI is InChI=1S/C17H14Cl2F3N3/c1-8(2)15-9(3)23-14-7-13(24-25(14)16(15)19)11-5-4-10(6-12(11)18)17(20,21)22/h4-8H,1-3H3. The van der Waals surface area contributed by atoms with Crippen molar-refractivity contribution in [3.63, 3.8) is 0 Å². The largest absolute Gasteiger partial charge is 0.416 e. The zero-order chi connectivity index (χ0) is 18.5. The molecule has 0 amide bonds. The summed E-state index contributed by atoms with van der Waals surface area (Å²) in [6.07, 6.45) is -4.45. The molecule has 8 heteroatoms. The van der Waals surface area contributed by atoms with Gasteiger partial charge in [0.15, 0.2) is 5.65 Å². The maximum atomic E-state index is 12.8. The molecule has 0 aliphatic heterocycles. The van der Waals surface area contributed by atoms with E-state index in [0.717, 1.165) is 23.4 Å². The molecule has 0 spiro atoms. The number of benzene rings is 1. The van der Waals surface area contributed by atoms with Crippen molar-refractivity contribution < 1.29 is 13.2 Å². The second-order valence-corrected chi connectivity index (χ2v) is 6.81. The van der Waals surface area contributed by atoms with Gasteiger partial charge in [-0.3, -0.25) is 0 Å². The van der Waals surface area contributed by atoms with Gasteiger partial charge in [-0.1, -0.05) is 43.1 Å². The van der Waals surface area contributed by atoms with Gasteiger partial charge in [-0.15, -0.1) is 0 Å². The third kappa shape index (κ3) is 3.20. The lowest BCUT2D eigenvalue weighted by atomic mass is 10.0. The van der Waals surface area contributed by atoms with Crippen LogP contribution in [-0.2, 0) is 6.18 Å². The van der Waals surface area contributed by atoms with Crippen molar-refractivity contribution in [1.29, 1.82) is 0 Å². The fourth-order valence-electron chi connectivity index (χ4n) is 2.78. The maximum absolute atomic E-state index is 12.8. The number of fused-ring (bicyclic) bond motifs is 1. The van der Waals surface area contributed by atoms with Gasteiger partial charge in [0.25, 0.3) is 0 Å². The molecule has 0 radical (unpaired) electrons. The van der Waals surface area contributed by atoms with Gasteiger partial charge in [0.1, 0.15) is 5.15 Å². The summed E-state index contributed by atoms with van der Waals surface area (Å²) in [6.45, 7) is 5.86. The molecule has 0 aliphatic carbocycles. The molecule has 0 N–H and O–H groups in total. The summed E-state index contributed by atoms with van der Waals surface area (Å²) in [7, 11) is 0. The molecule has 0 bridgehead atoms. The minimum absolute atomic E-state index is 0.0323. The summed E-state index contributed by atoms with van der Waals surface area (Å²) in [5.74, 6) is 0.159. The smallest absolute Gasteiger partial charge is 0.233 e. The predicted molar refractivity (Wildman–Crippen MR) is 92.3 cm³/mol. The first-order valence-electron chi connectivity index (χ1n) is 7.52. The summed E-state index contributed by atoms with van der Waals surface area (Å²) in [6, 6.07) is 4.82. The second kappa shape index (κ2) is 6.18. The number of rotatable bonds is 2. The molecule has 25 heavy (non-hydrogen) atoms. The SMILES string of the molecule is Cc1nc2cc(-c3ccc(C(F)(F)F)cc3Cl)nn2c(Cl)c1C(C)C. The number of hydrogen-bond acceptors (Lipinski definition) is 2. The van der Waals surface area contributed by atoms with Crippen molar-refractivity contribution in [2.24, 2.45) is 0 Å². The van der Waals surface area contributed by atoms with Crippen LogP contribution in [0.4, 0.5) is 13.2 Å². The Hall–Kier alpha value is -1.79. The first-order valence-corrected chi connectivity index (χ1v) is 8.28. The monoisotopic (exact) mass is 387 g/mol. The van der Waals surface area contributed by atoms with Crippen molar-refractivity contribution >= 4 is 28.8 Å². The van der Waals surface area contributed by atoms with Gasteiger partial charge in [0, 0.05) is 22.9 Å². The lowest BCUT2D eigenvalue weighted by molar-refractivity contribution is -0.137. The Bertz CT molecular complexity index is 962. The van der Waals surface area contributed by atoms with Crippen LogP contribution in [-0.4, -0.2) is 14.6 Å². The van der Waals surface area contributed by atoms with E-state index in [0.29, 0.717) is 22.1 Å². The highest BCUT2D eigenvalue weighted by Gasteiger charge is 2.31. The highest BCUT2D eigenvalue weighted by Crippen LogP contribution is 2.36. The van der Waals surface area contributed by atoms with E-state index >= 15 is 0 Å². The van der Waals surface area contributed by atoms with E-state index in [1.54, 1.807) is 6.07 Å². The molecular weight excluding hydrogens is 374 g/mol. The summed E-state index contributed by atoms with van der Waals surface area (Å²) in [5, 5.41) is 4.78. The molecule has 132 valence electrons. The average Bonchev–Trinajstić information content (AvgIpc) is 2.89. The van der Waals surface area contributed by atoms with Gasteiger partial charge >= 0.3 is 6.18 Å². The number of aryl methyl sites for hydroxylation is 1. The molecule has 0 atom stereocenters. The van der Waals surface area contributed by atoms with Crippen LogP contribution >= 0.6 is 23.2 Å². The molecule has 1 aromatic carbocycles. The molecular formula is C17H14Cl2F3N3. The Balaban J connectivity index is 2.16. The number of alkyl halides is 3.